The summed E-state index contributed by atoms with van der Waals surface area (Å²) in [5.74, 6) is -0.792. The van der Waals surface area contributed by atoms with E-state index >= 15 is 0 Å². The first-order chi connectivity index (χ1) is 8.94. The summed E-state index contributed by atoms with van der Waals surface area (Å²) in [7, 11) is 0. The van der Waals surface area contributed by atoms with Gasteiger partial charge in [0.25, 0.3) is 0 Å². The van der Waals surface area contributed by atoms with E-state index in [-0.39, 0.29) is 19.1 Å². The van der Waals surface area contributed by atoms with Crippen LogP contribution in [0.2, 0.25) is 0 Å². The molecule has 110 valence electrons. The maximum atomic E-state index is 12.2. The fourth-order valence-electron chi connectivity index (χ4n) is 1.78. The Morgan fingerprint density at radius 1 is 1.05 bits per heavy atom. The van der Waals surface area contributed by atoms with Crippen molar-refractivity contribution in [1.29, 1.82) is 0 Å². The van der Waals surface area contributed by atoms with Gasteiger partial charge in [0, 0.05) is 0 Å². The molecule has 0 aliphatic heterocycles. The van der Waals surface area contributed by atoms with Crippen molar-refractivity contribution in [2.75, 3.05) is 13.2 Å². The van der Waals surface area contributed by atoms with E-state index in [1.807, 2.05) is 26.8 Å². The summed E-state index contributed by atoms with van der Waals surface area (Å²) in [6.07, 6.45) is 4.59. The fraction of sp³-hybridized carbons (Fsp3) is 0.733. The highest BCUT2D eigenvalue weighted by Crippen LogP contribution is 2.30. The highest BCUT2D eigenvalue weighted by atomic mass is 16.6. The molecule has 0 atom stereocenters. The molecular formula is C15H26O4. The molecule has 4 nitrogen and oxygen atoms in total. The molecule has 4 heteroatoms. The van der Waals surface area contributed by atoms with E-state index < -0.39 is 17.4 Å². The van der Waals surface area contributed by atoms with E-state index in [0.717, 1.165) is 0 Å². The molecule has 0 rings (SSSR count). The van der Waals surface area contributed by atoms with Crippen molar-refractivity contribution in [3.63, 3.8) is 0 Å². The number of carbonyl (C=O) groups is 2. The zero-order valence-corrected chi connectivity index (χ0v) is 12.7. The van der Waals surface area contributed by atoms with Gasteiger partial charge in [-0.15, -0.1) is 0 Å². The van der Waals surface area contributed by atoms with Crippen LogP contribution < -0.4 is 0 Å². The van der Waals surface area contributed by atoms with Crippen molar-refractivity contribution in [3.05, 3.63) is 12.2 Å². The van der Waals surface area contributed by atoms with E-state index in [1.54, 1.807) is 19.9 Å². The second kappa shape index (κ2) is 8.73. The number of carbonyl (C=O) groups excluding carboxylic acids is 2. The molecule has 0 bridgehead atoms. The summed E-state index contributed by atoms with van der Waals surface area (Å²) in [4.78, 5) is 24.4. The predicted octanol–water partition coefficient (Wildman–Crippen LogP) is 3.11. The van der Waals surface area contributed by atoms with Crippen LogP contribution in [0.1, 0.15) is 47.5 Å². The van der Waals surface area contributed by atoms with Crippen molar-refractivity contribution >= 4 is 11.9 Å². The van der Waals surface area contributed by atoms with Gasteiger partial charge in [0.2, 0.25) is 0 Å². The summed E-state index contributed by atoms with van der Waals surface area (Å²) >= 11 is 0. The maximum Gasteiger partial charge on any atom is 0.327 e. The van der Waals surface area contributed by atoms with Crippen LogP contribution in [0, 0.1) is 11.3 Å². The number of ether oxygens (including phenoxy) is 2. The molecule has 0 heterocycles. The Morgan fingerprint density at radius 2 is 1.53 bits per heavy atom. The summed E-state index contributed by atoms with van der Waals surface area (Å²) in [5, 5.41) is 0. The van der Waals surface area contributed by atoms with Crippen molar-refractivity contribution in [2.45, 2.75) is 47.5 Å². The Hall–Kier alpha value is -1.32. The third-order valence-corrected chi connectivity index (χ3v) is 2.69. The van der Waals surface area contributed by atoms with Gasteiger partial charge in [-0.25, -0.2) is 0 Å². The van der Waals surface area contributed by atoms with Crippen molar-refractivity contribution in [1.82, 2.24) is 0 Å². The van der Waals surface area contributed by atoms with Crippen LogP contribution in [-0.2, 0) is 19.1 Å². The lowest BCUT2D eigenvalue weighted by molar-refractivity contribution is -0.168. The van der Waals surface area contributed by atoms with Gasteiger partial charge >= 0.3 is 11.9 Å². The molecule has 0 aromatic rings. The van der Waals surface area contributed by atoms with Crippen molar-refractivity contribution in [3.8, 4) is 0 Å². The molecule has 0 radical (unpaired) electrons. The number of hydrogen-bond acceptors (Lipinski definition) is 4. The summed E-state index contributed by atoms with van der Waals surface area (Å²) in [5.41, 5.74) is -1.30. The number of hydrogen-bond donors (Lipinski definition) is 0. The minimum Gasteiger partial charge on any atom is -0.465 e. The van der Waals surface area contributed by atoms with Crippen LogP contribution in [0.3, 0.4) is 0 Å². The molecule has 0 fully saturated rings. The molecule has 0 aliphatic rings. The van der Waals surface area contributed by atoms with Gasteiger partial charge in [-0.3, -0.25) is 9.59 Å². The second-order valence-electron chi connectivity index (χ2n) is 4.77. The van der Waals surface area contributed by atoms with E-state index in [9.17, 15) is 9.59 Å². The second-order valence-corrected chi connectivity index (χ2v) is 4.77. The number of allylic oxidation sites excluding steroid dienone is 1. The fourth-order valence-corrected chi connectivity index (χ4v) is 1.78. The molecule has 0 saturated heterocycles. The lowest BCUT2D eigenvalue weighted by Crippen LogP contribution is -2.40. The zero-order valence-electron chi connectivity index (χ0n) is 12.7. The van der Waals surface area contributed by atoms with Gasteiger partial charge in [-0.05, 0) is 26.2 Å². The first kappa shape index (κ1) is 17.7. The van der Waals surface area contributed by atoms with E-state index in [1.165, 1.54) is 0 Å². The smallest absolute Gasteiger partial charge is 0.327 e. The number of esters is 2. The molecule has 0 spiro atoms. The molecular weight excluding hydrogens is 244 g/mol. The van der Waals surface area contributed by atoms with Crippen LogP contribution in [-0.4, -0.2) is 25.2 Å². The maximum absolute atomic E-state index is 12.2. The lowest BCUT2D eigenvalue weighted by atomic mass is 9.82. The average Bonchev–Trinajstić information content (AvgIpc) is 2.34. The molecule has 0 N–H and O–H groups in total. The van der Waals surface area contributed by atoms with Gasteiger partial charge < -0.3 is 9.47 Å². The van der Waals surface area contributed by atoms with Gasteiger partial charge in [0.05, 0.1) is 13.2 Å². The quantitative estimate of drug-likeness (QED) is 0.386. The molecule has 0 amide bonds. The average molecular weight is 270 g/mol. The van der Waals surface area contributed by atoms with Gasteiger partial charge in [0.1, 0.15) is 0 Å². The molecule has 0 aromatic heterocycles. The van der Waals surface area contributed by atoms with Crippen LogP contribution in [0.4, 0.5) is 0 Å². The predicted molar refractivity (Wildman–Crippen MR) is 74.6 cm³/mol. The largest absolute Gasteiger partial charge is 0.465 e. The Labute approximate surface area is 116 Å². The molecule has 0 unspecified atom stereocenters. The van der Waals surface area contributed by atoms with Crippen molar-refractivity contribution < 1.29 is 19.1 Å². The topological polar surface area (TPSA) is 52.6 Å². The Bertz CT molecular complexity index is 300. The summed E-state index contributed by atoms with van der Waals surface area (Å²) in [6, 6.07) is 0. The first-order valence-electron chi connectivity index (χ1n) is 6.98. The Kier molecular flexibility index (Phi) is 8.12. The van der Waals surface area contributed by atoms with E-state index in [2.05, 4.69) is 0 Å². The SMILES string of the molecule is CCCC(/C=C\C(C)C)(C(=O)OCC)C(=O)OCC. The third-order valence-electron chi connectivity index (χ3n) is 2.69. The highest BCUT2D eigenvalue weighted by Gasteiger charge is 2.45. The summed E-state index contributed by atoms with van der Waals surface area (Å²) in [6.45, 7) is 9.86. The van der Waals surface area contributed by atoms with Gasteiger partial charge in [-0.2, -0.15) is 0 Å². The van der Waals surface area contributed by atoms with Crippen LogP contribution in [0.25, 0.3) is 0 Å². The monoisotopic (exact) mass is 270 g/mol. The molecule has 0 aliphatic carbocycles. The standard InChI is InChI=1S/C15H26O4/c1-6-10-15(11-9-12(4)5,13(16)18-7-2)14(17)19-8-3/h9,11-12H,6-8,10H2,1-5H3/b11-9-. The molecule has 0 aromatic carbocycles. The van der Waals surface area contributed by atoms with E-state index in [4.69, 9.17) is 9.47 Å². The Balaban J connectivity index is 5.45. The van der Waals surface area contributed by atoms with Crippen molar-refractivity contribution in [2.24, 2.45) is 11.3 Å². The lowest BCUT2D eigenvalue weighted by Gasteiger charge is -2.26. The Morgan fingerprint density at radius 3 is 1.84 bits per heavy atom. The van der Waals surface area contributed by atoms with Gasteiger partial charge in [0.15, 0.2) is 5.41 Å². The zero-order chi connectivity index (χ0) is 14.9. The molecule has 19 heavy (non-hydrogen) atoms. The van der Waals surface area contributed by atoms with E-state index in [0.29, 0.717) is 12.8 Å². The first-order valence-corrected chi connectivity index (χ1v) is 6.98. The third kappa shape index (κ3) is 5.05. The number of rotatable bonds is 8. The minimum absolute atomic E-state index is 0.249. The van der Waals surface area contributed by atoms with Gasteiger partial charge in [-0.1, -0.05) is 39.3 Å². The van der Waals surface area contributed by atoms with Crippen LogP contribution in [0.5, 0.6) is 0 Å². The highest BCUT2D eigenvalue weighted by molar-refractivity contribution is 6.02. The van der Waals surface area contributed by atoms with Crippen LogP contribution >= 0.6 is 0 Å². The normalized spacial score (nSPS) is 11.9. The summed E-state index contributed by atoms with van der Waals surface area (Å²) < 4.78 is 10.1. The van der Waals surface area contributed by atoms with Crippen LogP contribution in [0.15, 0.2) is 12.2 Å². The minimum atomic E-state index is -1.30. The molecule has 0 saturated carbocycles.